The molecule has 34 heavy (non-hydrogen) atoms. The van der Waals surface area contributed by atoms with Crippen molar-refractivity contribution in [2.45, 2.75) is 29.9 Å². The van der Waals surface area contributed by atoms with E-state index in [1.165, 1.54) is 12.3 Å². The monoisotopic (exact) mass is 493 g/mol. The van der Waals surface area contributed by atoms with E-state index in [9.17, 15) is 33.3 Å². The Kier molecular flexibility index (Phi) is 5.09. The van der Waals surface area contributed by atoms with Gasteiger partial charge in [0.25, 0.3) is 0 Å². The van der Waals surface area contributed by atoms with Crippen LogP contribution in [0.3, 0.4) is 0 Å². The molecule has 0 saturated heterocycles. The number of carbonyl (C=O) groups is 1. The summed E-state index contributed by atoms with van der Waals surface area (Å²) in [5.74, 6) is -4.41. The lowest BCUT2D eigenvalue weighted by atomic mass is 9.68. The fourth-order valence-corrected chi connectivity index (χ4v) is 5.85. The number of benzene rings is 1. The molecule has 5 rings (SSSR count). The van der Waals surface area contributed by atoms with Gasteiger partial charge < -0.3 is 20.1 Å². The number of carboxylic acids is 1. The van der Waals surface area contributed by atoms with E-state index in [0.717, 1.165) is 24.3 Å². The number of alkyl halides is 3. The summed E-state index contributed by atoms with van der Waals surface area (Å²) in [6, 6.07) is 5.35. The van der Waals surface area contributed by atoms with E-state index in [-0.39, 0.29) is 22.0 Å². The largest absolute Gasteiger partial charge is 0.481 e. The zero-order chi connectivity index (χ0) is 24.5. The highest BCUT2D eigenvalue weighted by Crippen LogP contribution is 2.67. The van der Waals surface area contributed by atoms with Gasteiger partial charge in [0.05, 0.1) is 16.5 Å². The number of allylic oxidation sites excluding steroid dienone is 4. The average molecular weight is 494 g/mol. The minimum absolute atomic E-state index is 0.0260. The second-order valence-corrected chi connectivity index (χ2v) is 9.16. The first kappa shape index (κ1) is 22.9. The fraction of sp³-hybridized carbons (Fsp3) is 0.333. The minimum Gasteiger partial charge on any atom is -0.481 e. The molecule has 0 amide bonds. The Balaban J connectivity index is 1.79. The quantitative estimate of drug-likeness (QED) is 0.596. The van der Waals surface area contributed by atoms with E-state index in [2.05, 4.69) is 4.98 Å². The third-order valence-corrected chi connectivity index (χ3v) is 7.25. The summed E-state index contributed by atoms with van der Waals surface area (Å²) in [6.07, 6.45) is 2.19. The highest BCUT2D eigenvalue weighted by atomic mass is 35.5. The summed E-state index contributed by atoms with van der Waals surface area (Å²) in [5, 5.41) is 33.7. The summed E-state index contributed by atoms with van der Waals surface area (Å²) in [6.45, 7) is 0. The molecule has 1 aromatic heterocycles. The van der Waals surface area contributed by atoms with Gasteiger partial charge in [-0.3, -0.25) is 9.78 Å². The molecule has 0 radical (unpaired) electrons. The molecule has 6 nitrogen and oxygen atoms in total. The zero-order valence-electron chi connectivity index (χ0n) is 17.4. The van der Waals surface area contributed by atoms with E-state index < -0.39 is 52.8 Å². The molecular formula is C24H19ClF3NO5. The first-order valence-electron chi connectivity index (χ1n) is 10.5. The maximum absolute atomic E-state index is 13.3. The molecule has 1 fully saturated rings. The fourth-order valence-electron chi connectivity index (χ4n) is 5.70. The molecule has 1 unspecified atom stereocenters. The molecule has 6 atom stereocenters. The van der Waals surface area contributed by atoms with Crippen LogP contribution in [0, 0.1) is 17.8 Å². The number of aliphatic carboxylic acids is 1. The maximum atomic E-state index is 13.3. The van der Waals surface area contributed by atoms with E-state index >= 15 is 0 Å². The first-order chi connectivity index (χ1) is 16.0. The lowest BCUT2D eigenvalue weighted by molar-refractivity contribution is -0.164. The number of halogens is 4. The van der Waals surface area contributed by atoms with E-state index in [4.69, 9.17) is 16.3 Å². The Morgan fingerprint density at radius 2 is 1.91 bits per heavy atom. The van der Waals surface area contributed by atoms with Crippen LogP contribution in [0.1, 0.15) is 23.2 Å². The zero-order valence-corrected chi connectivity index (χ0v) is 18.2. The number of nitrogens with zero attached hydrogens (tertiary/aromatic N) is 1. The number of pyridine rings is 1. The molecule has 178 valence electrons. The minimum atomic E-state index is -4.60. The SMILES string of the molecule is O=C(O)[C@H]1[C@@H](O)[C@@]2(O)c3ncc(Cl)cc3O[C@@]2(c2ccc(C(F)(F)F)cc2)[C@@H]1C1C=CC=CC1. The van der Waals surface area contributed by atoms with Crippen molar-refractivity contribution in [1.29, 1.82) is 0 Å². The van der Waals surface area contributed by atoms with Crippen molar-refractivity contribution >= 4 is 17.6 Å². The number of aromatic nitrogens is 1. The number of carboxylic acid groups (broad SMARTS) is 1. The van der Waals surface area contributed by atoms with Crippen molar-refractivity contribution in [2.24, 2.45) is 17.8 Å². The molecule has 1 aromatic carbocycles. The lowest BCUT2D eigenvalue weighted by Gasteiger charge is -2.42. The molecule has 2 aliphatic carbocycles. The van der Waals surface area contributed by atoms with Gasteiger partial charge in [-0.2, -0.15) is 13.2 Å². The van der Waals surface area contributed by atoms with Gasteiger partial charge in [0.15, 0.2) is 11.2 Å². The van der Waals surface area contributed by atoms with Crippen molar-refractivity contribution in [3.63, 3.8) is 0 Å². The predicted octanol–water partition coefficient (Wildman–Crippen LogP) is 4.05. The van der Waals surface area contributed by atoms with Crippen molar-refractivity contribution in [3.05, 3.63) is 82.7 Å². The summed E-state index contributed by atoms with van der Waals surface area (Å²) in [5.41, 5.74) is -5.26. The van der Waals surface area contributed by atoms with Crippen LogP contribution < -0.4 is 4.74 Å². The van der Waals surface area contributed by atoms with Crippen LogP contribution in [-0.4, -0.2) is 32.4 Å². The van der Waals surface area contributed by atoms with Crippen molar-refractivity contribution in [1.82, 2.24) is 4.98 Å². The van der Waals surface area contributed by atoms with Crippen LogP contribution in [0.15, 0.2) is 60.8 Å². The van der Waals surface area contributed by atoms with E-state index in [1.807, 2.05) is 6.08 Å². The molecule has 1 saturated carbocycles. The second kappa shape index (κ2) is 7.56. The molecule has 1 aliphatic heterocycles. The average Bonchev–Trinajstić information content (AvgIpc) is 3.16. The van der Waals surface area contributed by atoms with Crippen LogP contribution in [0.5, 0.6) is 5.75 Å². The number of fused-ring (bicyclic) bond motifs is 3. The topological polar surface area (TPSA) is 99.9 Å². The van der Waals surface area contributed by atoms with Gasteiger partial charge >= 0.3 is 12.1 Å². The third kappa shape index (κ3) is 2.97. The third-order valence-electron chi connectivity index (χ3n) is 7.04. The summed E-state index contributed by atoms with van der Waals surface area (Å²) in [7, 11) is 0. The first-order valence-corrected chi connectivity index (χ1v) is 10.9. The summed E-state index contributed by atoms with van der Waals surface area (Å²) >= 11 is 6.06. The standard InChI is InChI=1S/C24H19ClF3NO5/c25-15-10-16-19(29-11-15)22(33)20(30)17(21(31)32)18(12-4-2-1-3-5-12)23(22,34-16)13-6-8-14(9-7-13)24(26,27)28/h1-4,6-12,17-18,20,30,33H,5H2,(H,31,32)/t12?,17-,18-,20-,22+,23+/m1/s1. The Bertz CT molecular complexity index is 1210. The van der Waals surface area contributed by atoms with Crippen LogP contribution in [0.4, 0.5) is 13.2 Å². The van der Waals surface area contributed by atoms with Gasteiger partial charge in [0.1, 0.15) is 17.5 Å². The van der Waals surface area contributed by atoms with Crippen molar-refractivity contribution in [3.8, 4) is 5.75 Å². The van der Waals surface area contributed by atoms with E-state index in [0.29, 0.717) is 6.42 Å². The lowest BCUT2D eigenvalue weighted by Crippen LogP contribution is -2.53. The van der Waals surface area contributed by atoms with Gasteiger partial charge in [-0.15, -0.1) is 0 Å². The molecule has 2 aromatic rings. The Morgan fingerprint density at radius 1 is 1.21 bits per heavy atom. The number of aliphatic hydroxyl groups is 2. The van der Waals surface area contributed by atoms with Gasteiger partial charge in [0.2, 0.25) is 0 Å². The summed E-state index contributed by atoms with van der Waals surface area (Å²) < 4.78 is 46.0. The molecule has 0 bridgehead atoms. The van der Waals surface area contributed by atoms with Crippen molar-refractivity contribution in [2.75, 3.05) is 0 Å². The number of aliphatic hydroxyl groups excluding tert-OH is 1. The van der Waals surface area contributed by atoms with Crippen LogP contribution in [0.2, 0.25) is 5.02 Å². The van der Waals surface area contributed by atoms with Crippen LogP contribution >= 0.6 is 11.6 Å². The smallest absolute Gasteiger partial charge is 0.416 e. The Morgan fingerprint density at radius 3 is 2.50 bits per heavy atom. The van der Waals surface area contributed by atoms with Crippen LogP contribution in [0.25, 0.3) is 0 Å². The maximum Gasteiger partial charge on any atom is 0.416 e. The molecular weight excluding hydrogens is 475 g/mol. The number of rotatable bonds is 3. The van der Waals surface area contributed by atoms with Gasteiger partial charge in [-0.25, -0.2) is 0 Å². The molecule has 3 aliphatic rings. The number of hydrogen-bond acceptors (Lipinski definition) is 5. The number of hydrogen-bond donors (Lipinski definition) is 3. The Labute approximate surface area is 197 Å². The van der Waals surface area contributed by atoms with Crippen LogP contribution in [-0.2, 0) is 22.2 Å². The van der Waals surface area contributed by atoms with Gasteiger partial charge in [-0.05, 0) is 30.0 Å². The predicted molar refractivity (Wildman–Crippen MR) is 114 cm³/mol. The molecule has 3 N–H and O–H groups in total. The van der Waals surface area contributed by atoms with Gasteiger partial charge in [-0.1, -0.05) is 48.0 Å². The Hall–Kier alpha value is -2.88. The summed E-state index contributed by atoms with van der Waals surface area (Å²) in [4.78, 5) is 16.6. The highest BCUT2D eigenvalue weighted by molar-refractivity contribution is 6.30. The van der Waals surface area contributed by atoms with E-state index in [1.54, 1.807) is 18.2 Å². The van der Waals surface area contributed by atoms with Gasteiger partial charge in [0, 0.05) is 18.2 Å². The molecule has 10 heteroatoms. The molecule has 2 heterocycles. The second-order valence-electron chi connectivity index (χ2n) is 8.73. The normalized spacial score (nSPS) is 33.9. The highest BCUT2D eigenvalue weighted by Gasteiger charge is 2.78. The van der Waals surface area contributed by atoms with Crippen molar-refractivity contribution < 1.29 is 38.0 Å². The molecule has 0 spiro atoms. The number of ether oxygens (including phenoxy) is 1.